The average Bonchev–Trinajstić information content (AvgIpc) is 2.78. The lowest BCUT2D eigenvalue weighted by atomic mass is 9.71. The molecular formula is C26H29BrN2O. The summed E-state index contributed by atoms with van der Waals surface area (Å²) in [6.07, 6.45) is 5.79. The van der Waals surface area contributed by atoms with Crippen LogP contribution in [-0.4, -0.2) is 33.7 Å². The maximum atomic E-state index is 11.7. The van der Waals surface area contributed by atoms with E-state index in [9.17, 15) is 5.11 Å². The molecule has 0 amide bonds. The Balaban J connectivity index is 0.00000218. The van der Waals surface area contributed by atoms with Gasteiger partial charge in [-0.2, -0.15) is 0 Å². The zero-order chi connectivity index (χ0) is 19.8. The van der Waals surface area contributed by atoms with E-state index in [1.54, 1.807) is 0 Å². The summed E-state index contributed by atoms with van der Waals surface area (Å²) in [5.41, 5.74) is 3.33. The van der Waals surface area contributed by atoms with E-state index < -0.39 is 6.10 Å². The third-order valence-corrected chi connectivity index (χ3v) is 7.38. The van der Waals surface area contributed by atoms with Gasteiger partial charge in [-0.3, -0.25) is 4.98 Å². The molecule has 3 aliphatic rings. The monoisotopic (exact) mass is 464 g/mol. The highest BCUT2D eigenvalue weighted by atomic mass is 79.9. The van der Waals surface area contributed by atoms with Crippen LogP contribution in [0.25, 0.3) is 10.9 Å². The van der Waals surface area contributed by atoms with E-state index in [4.69, 9.17) is 0 Å². The van der Waals surface area contributed by atoms with Crippen LogP contribution in [0.4, 0.5) is 0 Å². The topological polar surface area (TPSA) is 33.1 Å². The van der Waals surface area contributed by atoms with Crippen LogP contribution in [0.3, 0.4) is 0 Å². The van der Waals surface area contributed by atoms with E-state index >= 15 is 0 Å². The number of rotatable bonds is 5. The molecule has 5 atom stereocenters. The molecule has 1 aromatic heterocycles. The smallest absolute Gasteiger partial charge is 0.131 e. The summed E-state index contributed by atoms with van der Waals surface area (Å²) in [4.78, 5) is 4.50. The van der Waals surface area contributed by atoms with Crippen molar-refractivity contribution in [3.63, 3.8) is 0 Å². The zero-order valence-electron chi connectivity index (χ0n) is 17.2. The third kappa shape index (κ3) is 3.62. The van der Waals surface area contributed by atoms with Crippen molar-refractivity contribution >= 4 is 10.9 Å². The number of para-hydroxylation sites is 1. The van der Waals surface area contributed by atoms with Crippen LogP contribution < -0.4 is 17.0 Å². The van der Waals surface area contributed by atoms with Gasteiger partial charge in [0.05, 0.1) is 18.6 Å². The maximum Gasteiger partial charge on any atom is 0.131 e. The number of piperidine rings is 3. The number of fused-ring (bicyclic) bond motifs is 4. The molecule has 3 nitrogen and oxygen atoms in total. The minimum atomic E-state index is -0.486. The van der Waals surface area contributed by atoms with Gasteiger partial charge in [0.15, 0.2) is 0 Å². The Labute approximate surface area is 189 Å². The number of benzene rings is 2. The Morgan fingerprint density at radius 2 is 1.87 bits per heavy atom. The molecule has 4 heteroatoms. The molecule has 2 bridgehead atoms. The quantitative estimate of drug-likeness (QED) is 0.461. The number of aliphatic hydroxyl groups excluding tert-OH is 1. The van der Waals surface area contributed by atoms with Crippen molar-refractivity contribution in [3.8, 4) is 0 Å². The van der Waals surface area contributed by atoms with Gasteiger partial charge < -0.3 is 26.6 Å². The van der Waals surface area contributed by atoms with Crippen LogP contribution in [0, 0.1) is 11.8 Å². The molecule has 1 N–H and O–H groups in total. The Bertz CT molecular complexity index is 1020. The molecule has 2 aromatic carbocycles. The number of nitrogens with zero attached hydrogens (tertiary/aromatic N) is 2. The molecule has 30 heavy (non-hydrogen) atoms. The Morgan fingerprint density at radius 3 is 2.67 bits per heavy atom. The molecule has 0 spiro atoms. The van der Waals surface area contributed by atoms with Gasteiger partial charge in [0, 0.05) is 35.9 Å². The van der Waals surface area contributed by atoms with Crippen molar-refractivity contribution in [2.75, 3.05) is 13.1 Å². The summed E-state index contributed by atoms with van der Waals surface area (Å²) in [6.45, 7) is 7.32. The molecule has 4 heterocycles. The Morgan fingerprint density at radius 1 is 1.10 bits per heavy atom. The van der Waals surface area contributed by atoms with Crippen LogP contribution in [0.5, 0.6) is 0 Å². The fourth-order valence-electron chi connectivity index (χ4n) is 5.91. The first-order valence-electron chi connectivity index (χ1n) is 10.7. The van der Waals surface area contributed by atoms with Gasteiger partial charge in [-0.1, -0.05) is 54.6 Å². The van der Waals surface area contributed by atoms with Crippen LogP contribution in [-0.2, 0) is 6.54 Å². The second-order valence-corrected chi connectivity index (χ2v) is 8.88. The van der Waals surface area contributed by atoms with Crippen molar-refractivity contribution in [2.45, 2.75) is 31.5 Å². The summed E-state index contributed by atoms with van der Waals surface area (Å²) in [5, 5.41) is 12.8. The Kier molecular flexibility index (Phi) is 6.10. The largest absolute Gasteiger partial charge is 1.00 e. The minimum absolute atomic E-state index is 0. The molecule has 3 saturated heterocycles. The van der Waals surface area contributed by atoms with Gasteiger partial charge in [0.2, 0.25) is 0 Å². The predicted molar refractivity (Wildman–Crippen MR) is 117 cm³/mol. The number of quaternary nitrogens is 1. The molecule has 3 fully saturated rings. The molecular weight excluding hydrogens is 436 g/mol. The molecule has 0 radical (unpaired) electrons. The van der Waals surface area contributed by atoms with Crippen LogP contribution >= 0.6 is 0 Å². The molecule has 3 aliphatic heterocycles. The van der Waals surface area contributed by atoms with Gasteiger partial charge in [0.25, 0.3) is 0 Å². The first-order chi connectivity index (χ1) is 14.2. The zero-order valence-corrected chi connectivity index (χ0v) is 18.8. The molecule has 3 aromatic rings. The number of hydrogen-bond donors (Lipinski definition) is 1. The van der Waals surface area contributed by atoms with Gasteiger partial charge in [-0.05, 0) is 23.6 Å². The van der Waals surface area contributed by atoms with E-state index in [0.29, 0.717) is 11.8 Å². The SMILES string of the molecule is C=C[C@H]1C[N@+]2(Cc3ccccc3)CC[C@H]1C[C@@H]2[C@@H](O)c1ccnc2ccccc12.[Br-]. The number of aliphatic hydroxyl groups is 1. The summed E-state index contributed by atoms with van der Waals surface area (Å²) in [7, 11) is 0. The maximum absolute atomic E-state index is 11.7. The molecule has 6 rings (SSSR count). The van der Waals surface area contributed by atoms with Crippen LogP contribution in [0.15, 0.2) is 79.5 Å². The average molecular weight is 465 g/mol. The lowest BCUT2D eigenvalue weighted by Crippen LogP contribution is -3.00. The van der Waals surface area contributed by atoms with Crippen molar-refractivity contribution in [1.29, 1.82) is 0 Å². The second kappa shape index (κ2) is 8.62. The highest BCUT2D eigenvalue weighted by molar-refractivity contribution is 5.82. The van der Waals surface area contributed by atoms with E-state index in [2.05, 4.69) is 54.0 Å². The van der Waals surface area contributed by atoms with Crippen LogP contribution in [0.2, 0.25) is 0 Å². The summed E-state index contributed by atoms with van der Waals surface area (Å²) in [6, 6.07) is 21.2. The van der Waals surface area contributed by atoms with Gasteiger partial charge in [-0.15, -0.1) is 6.58 Å². The predicted octanol–water partition coefficient (Wildman–Crippen LogP) is 1.88. The van der Waals surface area contributed by atoms with Gasteiger partial charge >= 0.3 is 0 Å². The van der Waals surface area contributed by atoms with E-state index in [1.165, 1.54) is 12.0 Å². The Hall–Kier alpha value is -2.01. The lowest BCUT2D eigenvalue weighted by Gasteiger charge is -2.58. The van der Waals surface area contributed by atoms with Crippen molar-refractivity contribution in [1.82, 2.24) is 4.98 Å². The van der Waals surface area contributed by atoms with Gasteiger partial charge in [-0.25, -0.2) is 0 Å². The lowest BCUT2D eigenvalue weighted by molar-refractivity contribution is -0.984. The summed E-state index contributed by atoms with van der Waals surface area (Å²) < 4.78 is 0.953. The highest BCUT2D eigenvalue weighted by Crippen LogP contribution is 2.47. The highest BCUT2D eigenvalue weighted by Gasteiger charge is 2.53. The number of halogens is 1. The fourth-order valence-corrected chi connectivity index (χ4v) is 5.91. The van der Waals surface area contributed by atoms with Crippen molar-refractivity contribution in [2.24, 2.45) is 11.8 Å². The van der Waals surface area contributed by atoms with Crippen molar-refractivity contribution in [3.05, 3.63) is 90.6 Å². The third-order valence-electron chi connectivity index (χ3n) is 7.38. The van der Waals surface area contributed by atoms with E-state index in [-0.39, 0.29) is 23.0 Å². The van der Waals surface area contributed by atoms with E-state index in [1.807, 2.05) is 30.5 Å². The van der Waals surface area contributed by atoms with Gasteiger partial charge in [0.1, 0.15) is 18.7 Å². The number of aromatic nitrogens is 1. The standard InChI is InChI=1S/C26H29N2O.BrH/c1-2-20-18-28(17-19-8-4-3-5-9-19)15-13-21(20)16-25(28)26(29)23-12-14-27-24-11-7-6-10-22(23)24;/h2-12,14,20-21,25-26,29H,1,13,15-18H2;1H/q+1;/p-1/t20-,21-,25+,26-,28+;/m0./s1. The fraction of sp³-hybridized carbons (Fsp3) is 0.346. The molecule has 156 valence electrons. The molecule has 0 aliphatic carbocycles. The first kappa shape index (κ1) is 21.2. The number of hydrogen-bond acceptors (Lipinski definition) is 2. The number of pyridine rings is 1. The minimum Gasteiger partial charge on any atom is -1.00 e. The van der Waals surface area contributed by atoms with Crippen molar-refractivity contribution < 1.29 is 26.6 Å². The summed E-state index contributed by atoms with van der Waals surface area (Å²) >= 11 is 0. The first-order valence-corrected chi connectivity index (χ1v) is 10.7. The summed E-state index contributed by atoms with van der Waals surface area (Å²) in [5.74, 6) is 1.18. The van der Waals surface area contributed by atoms with Crippen LogP contribution in [0.1, 0.15) is 30.1 Å². The second-order valence-electron chi connectivity index (χ2n) is 8.88. The van der Waals surface area contributed by atoms with E-state index in [0.717, 1.165) is 47.0 Å². The normalized spacial score (nSPS) is 28.6. The molecule has 0 saturated carbocycles. The molecule has 0 unspecified atom stereocenters.